The van der Waals surface area contributed by atoms with Gasteiger partial charge in [-0.15, -0.1) is 12.4 Å². The molecule has 1 aliphatic heterocycles. The third-order valence-electron chi connectivity index (χ3n) is 5.48. The second kappa shape index (κ2) is 9.50. The van der Waals surface area contributed by atoms with Gasteiger partial charge in [0.25, 0.3) is 5.91 Å². The Morgan fingerprint density at radius 3 is 2.39 bits per heavy atom. The van der Waals surface area contributed by atoms with Crippen LogP contribution in [-0.2, 0) is 19.5 Å². The zero-order valence-corrected chi connectivity index (χ0v) is 18.9. The molecule has 162 valence electrons. The molecule has 0 unspecified atom stereocenters. The van der Waals surface area contributed by atoms with E-state index in [0.29, 0.717) is 29.8 Å². The predicted molar refractivity (Wildman–Crippen MR) is 123 cm³/mol. The van der Waals surface area contributed by atoms with E-state index in [-0.39, 0.29) is 24.1 Å². The molecule has 1 aliphatic rings. The number of fused-ring (bicyclic) bond motifs is 1. The van der Waals surface area contributed by atoms with Crippen LogP contribution in [0, 0.1) is 6.92 Å². The highest BCUT2D eigenvalue weighted by molar-refractivity contribution is 6.10. The van der Waals surface area contributed by atoms with Crippen molar-refractivity contribution in [1.82, 2.24) is 9.80 Å². The van der Waals surface area contributed by atoms with Crippen LogP contribution >= 0.6 is 12.4 Å². The van der Waals surface area contributed by atoms with Crippen molar-refractivity contribution in [3.63, 3.8) is 0 Å². The topological polar surface area (TPSA) is 53.8 Å². The van der Waals surface area contributed by atoms with E-state index < -0.39 is 0 Å². The van der Waals surface area contributed by atoms with Crippen LogP contribution in [0.2, 0.25) is 0 Å². The number of carbonyl (C=O) groups excluding carboxylic acids is 2. The first-order valence-electron chi connectivity index (χ1n) is 10.2. The van der Waals surface area contributed by atoms with Gasteiger partial charge in [0.15, 0.2) is 5.78 Å². The summed E-state index contributed by atoms with van der Waals surface area (Å²) in [6.45, 7) is 3.81. The molecule has 2 heterocycles. The van der Waals surface area contributed by atoms with Crippen LogP contribution in [0.4, 0.5) is 0 Å². The van der Waals surface area contributed by atoms with Crippen LogP contribution in [-0.4, -0.2) is 42.1 Å². The Hall–Kier alpha value is -2.89. The molecule has 0 radical (unpaired) electrons. The zero-order chi connectivity index (χ0) is 21.3. The lowest BCUT2D eigenvalue weighted by molar-refractivity contribution is 0.0718. The van der Waals surface area contributed by atoms with Crippen LogP contribution in [0.1, 0.15) is 48.9 Å². The Kier molecular flexibility index (Phi) is 6.98. The molecular formula is C25H27ClN2O3. The minimum absolute atomic E-state index is 0. The van der Waals surface area contributed by atoms with Crippen molar-refractivity contribution in [2.24, 2.45) is 0 Å². The molecule has 0 fully saturated rings. The summed E-state index contributed by atoms with van der Waals surface area (Å²) in [6.07, 6.45) is 0.794. The van der Waals surface area contributed by atoms with E-state index in [4.69, 9.17) is 4.42 Å². The smallest absolute Gasteiger partial charge is 0.254 e. The third-order valence-corrected chi connectivity index (χ3v) is 5.48. The number of hydrogen-bond acceptors (Lipinski definition) is 4. The van der Waals surface area contributed by atoms with Crippen molar-refractivity contribution in [1.29, 1.82) is 0 Å². The Morgan fingerprint density at radius 1 is 1.03 bits per heavy atom. The summed E-state index contributed by atoms with van der Waals surface area (Å²) in [6, 6.07) is 16.6. The van der Waals surface area contributed by atoms with Crippen LogP contribution in [0.15, 0.2) is 59.0 Å². The molecule has 0 aliphatic carbocycles. The molecule has 5 nitrogen and oxygen atoms in total. The SMILES string of the molecule is Cc1ccccc1C(=O)c1ccc(C(=O)N2CCc3cc(CN(C)C)oc3C2)cc1.Cl. The number of halogens is 1. The average Bonchev–Trinajstić information content (AvgIpc) is 3.14. The Balaban J connectivity index is 0.00000272. The summed E-state index contributed by atoms with van der Waals surface area (Å²) in [7, 11) is 4.01. The molecule has 0 spiro atoms. The van der Waals surface area contributed by atoms with Gasteiger partial charge in [-0.2, -0.15) is 0 Å². The number of rotatable bonds is 5. The number of nitrogens with zero attached hydrogens (tertiary/aromatic N) is 2. The number of furan rings is 1. The fraction of sp³-hybridized carbons (Fsp3) is 0.280. The fourth-order valence-corrected chi connectivity index (χ4v) is 3.87. The molecule has 0 bridgehead atoms. The Labute approximate surface area is 189 Å². The molecule has 31 heavy (non-hydrogen) atoms. The maximum Gasteiger partial charge on any atom is 0.254 e. The van der Waals surface area contributed by atoms with Crippen molar-refractivity contribution in [2.75, 3.05) is 20.6 Å². The molecule has 3 aromatic rings. The lowest BCUT2D eigenvalue weighted by Crippen LogP contribution is -2.35. The quantitative estimate of drug-likeness (QED) is 0.550. The molecule has 4 rings (SSSR count). The molecule has 1 amide bonds. The zero-order valence-electron chi connectivity index (χ0n) is 18.1. The average molecular weight is 439 g/mol. The van der Waals surface area contributed by atoms with E-state index in [1.54, 1.807) is 24.3 Å². The molecule has 0 atom stereocenters. The van der Waals surface area contributed by atoms with Gasteiger partial charge in [0.05, 0.1) is 13.1 Å². The van der Waals surface area contributed by atoms with Gasteiger partial charge < -0.3 is 14.2 Å². The molecular weight excluding hydrogens is 412 g/mol. The summed E-state index contributed by atoms with van der Waals surface area (Å²) >= 11 is 0. The summed E-state index contributed by atoms with van der Waals surface area (Å²) in [4.78, 5) is 29.6. The summed E-state index contributed by atoms with van der Waals surface area (Å²) < 4.78 is 5.96. The first kappa shape index (κ1) is 22.8. The summed E-state index contributed by atoms with van der Waals surface area (Å²) in [5.41, 5.74) is 3.99. The van der Waals surface area contributed by atoms with Crippen molar-refractivity contribution >= 4 is 24.1 Å². The van der Waals surface area contributed by atoms with E-state index in [1.165, 1.54) is 5.56 Å². The Morgan fingerprint density at radius 2 is 1.71 bits per heavy atom. The number of amides is 1. The molecule has 0 saturated carbocycles. The first-order valence-corrected chi connectivity index (χ1v) is 10.2. The normalized spacial score (nSPS) is 13.0. The Bertz CT molecular complexity index is 1090. The number of carbonyl (C=O) groups is 2. The lowest BCUT2D eigenvalue weighted by atomic mass is 9.98. The van der Waals surface area contributed by atoms with Crippen LogP contribution in [0.5, 0.6) is 0 Å². The molecule has 2 aromatic carbocycles. The van der Waals surface area contributed by atoms with Gasteiger partial charge in [0, 0.05) is 23.2 Å². The monoisotopic (exact) mass is 438 g/mol. The van der Waals surface area contributed by atoms with Gasteiger partial charge >= 0.3 is 0 Å². The van der Waals surface area contributed by atoms with Crippen LogP contribution in [0.25, 0.3) is 0 Å². The molecule has 0 N–H and O–H groups in total. The lowest BCUT2D eigenvalue weighted by Gasteiger charge is -2.26. The standard InChI is InChI=1S/C25H26N2O3.ClH/c1-17-6-4-5-7-22(17)24(28)18-8-10-19(11-9-18)25(29)27-13-12-20-14-21(15-26(2)3)30-23(20)16-27;/h4-11,14H,12-13,15-16H2,1-3H3;1H. The summed E-state index contributed by atoms with van der Waals surface area (Å²) in [5.74, 6) is 1.73. The van der Waals surface area contributed by atoms with Crippen molar-refractivity contribution in [2.45, 2.75) is 26.4 Å². The van der Waals surface area contributed by atoms with Gasteiger partial charge in [-0.1, -0.05) is 36.4 Å². The number of ketones is 1. The number of aryl methyl sites for hydroxylation is 1. The molecule has 0 saturated heterocycles. The third kappa shape index (κ3) is 4.89. The van der Waals surface area contributed by atoms with Crippen molar-refractivity contribution in [3.05, 3.63) is 93.9 Å². The largest absolute Gasteiger partial charge is 0.463 e. The van der Waals surface area contributed by atoms with Crippen LogP contribution in [0.3, 0.4) is 0 Å². The maximum atomic E-state index is 13.0. The van der Waals surface area contributed by atoms with E-state index in [1.807, 2.05) is 50.2 Å². The van der Waals surface area contributed by atoms with Crippen LogP contribution < -0.4 is 0 Å². The maximum absolute atomic E-state index is 13.0. The highest BCUT2D eigenvalue weighted by atomic mass is 35.5. The predicted octanol–water partition coefficient (Wildman–Crippen LogP) is 4.50. The van der Waals surface area contributed by atoms with E-state index in [0.717, 1.165) is 30.0 Å². The second-order valence-electron chi connectivity index (χ2n) is 8.10. The van der Waals surface area contributed by atoms with Gasteiger partial charge in [0.1, 0.15) is 11.5 Å². The first-order chi connectivity index (χ1) is 14.4. The van der Waals surface area contributed by atoms with Gasteiger partial charge in [-0.3, -0.25) is 9.59 Å². The summed E-state index contributed by atoms with van der Waals surface area (Å²) in [5, 5.41) is 0. The fourth-order valence-electron chi connectivity index (χ4n) is 3.87. The van der Waals surface area contributed by atoms with Crippen molar-refractivity contribution in [3.8, 4) is 0 Å². The number of benzene rings is 2. The molecule has 1 aromatic heterocycles. The van der Waals surface area contributed by atoms with E-state index in [2.05, 4.69) is 11.0 Å². The highest BCUT2D eigenvalue weighted by Gasteiger charge is 2.25. The van der Waals surface area contributed by atoms with E-state index >= 15 is 0 Å². The van der Waals surface area contributed by atoms with E-state index in [9.17, 15) is 9.59 Å². The van der Waals surface area contributed by atoms with Gasteiger partial charge in [-0.25, -0.2) is 0 Å². The van der Waals surface area contributed by atoms with Gasteiger partial charge in [0.2, 0.25) is 0 Å². The van der Waals surface area contributed by atoms with Gasteiger partial charge in [-0.05, 0) is 56.8 Å². The highest BCUT2D eigenvalue weighted by Crippen LogP contribution is 2.25. The second-order valence-corrected chi connectivity index (χ2v) is 8.10. The minimum Gasteiger partial charge on any atom is -0.463 e. The number of hydrogen-bond donors (Lipinski definition) is 0. The van der Waals surface area contributed by atoms with Crippen molar-refractivity contribution < 1.29 is 14.0 Å². The molecule has 6 heteroatoms. The minimum atomic E-state index is -0.0406.